The summed E-state index contributed by atoms with van der Waals surface area (Å²) in [5.74, 6) is -0.212. The fourth-order valence-corrected chi connectivity index (χ4v) is 2.69. The van der Waals surface area contributed by atoms with Gasteiger partial charge in [0.1, 0.15) is 17.0 Å². The summed E-state index contributed by atoms with van der Waals surface area (Å²) < 4.78 is 19.0. The molecule has 0 aliphatic heterocycles. The van der Waals surface area contributed by atoms with Crippen molar-refractivity contribution in [3.63, 3.8) is 0 Å². The molecule has 0 aliphatic rings. The lowest BCUT2D eigenvalue weighted by atomic mass is 10.1. The number of furan rings is 1. The van der Waals surface area contributed by atoms with Crippen molar-refractivity contribution in [3.05, 3.63) is 78.1 Å². The highest BCUT2D eigenvalue weighted by molar-refractivity contribution is 6.05. The lowest BCUT2D eigenvalue weighted by molar-refractivity contribution is 0.626. The zero-order valence-corrected chi connectivity index (χ0v) is 11.8. The third kappa shape index (κ3) is 2.31. The minimum absolute atomic E-state index is 0.212. The first-order valence-electron chi connectivity index (χ1n) is 7.19. The molecule has 0 unspecified atom stereocenters. The second-order valence-corrected chi connectivity index (χ2v) is 5.29. The Kier molecular flexibility index (Phi) is 3.04. The van der Waals surface area contributed by atoms with Crippen LogP contribution in [0.4, 0.5) is 10.1 Å². The second-order valence-electron chi connectivity index (χ2n) is 5.29. The molecular formula is C19H14FNO. The van der Waals surface area contributed by atoms with Crippen molar-refractivity contribution in [3.8, 4) is 0 Å². The highest BCUT2D eigenvalue weighted by atomic mass is 19.1. The van der Waals surface area contributed by atoms with Crippen LogP contribution in [0.5, 0.6) is 0 Å². The average Bonchev–Trinajstić information content (AvgIpc) is 2.91. The number of para-hydroxylation sites is 1. The Morgan fingerprint density at radius 3 is 2.59 bits per heavy atom. The minimum atomic E-state index is -0.212. The molecule has 0 fully saturated rings. The van der Waals surface area contributed by atoms with Gasteiger partial charge in [0.25, 0.3) is 0 Å². The van der Waals surface area contributed by atoms with Gasteiger partial charge in [0.2, 0.25) is 0 Å². The van der Waals surface area contributed by atoms with Crippen molar-refractivity contribution < 1.29 is 8.81 Å². The molecule has 0 radical (unpaired) electrons. The predicted molar refractivity (Wildman–Crippen MR) is 87.4 cm³/mol. The molecule has 3 heteroatoms. The van der Waals surface area contributed by atoms with Crippen LogP contribution in [0.1, 0.15) is 5.56 Å². The van der Waals surface area contributed by atoms with E-state index in [1.54, 1.807) is 12.1 Å². The van der Waals surface area contributed by atoms with E-state index in [9.17, 15) is 4.39 Å². The van der Waals surface area contributed by atoms with Crippen molar-refractivity contribution in [2.24, 2.45) is 0 Å². The average molecular weight is 291 g/mol. The Morgan fingerprint density at radius 2 is 1.68 bits per heavy atom. The van der Waals surface area contributed by atoms with Crippen LogP contribution in [0, 0.1) is 5.82 Å². The molecule has 0 atom stereocenters. The molecule has 2 nitrogen and oxygen atoms in total. The van der Waals surface area contributed by atoms with E-state index >= 15 is 0 Å². The number of anilines is 1. The van der Waals surface area contributed by atoms with E-state index in [1.165, 1.54) is 6.07 Å². The molecule has 1 N–H and O–H groups in total. The fourth-order valence-electron chi connectivity index (χ4n) is 2.69. The summed E-state index contributed by atoms with van der Waals surface area (Å²) in [7, 11) is 0. The van der Waals surface area contributed by atoms with E-state index in [-0.39, 0.29) is 5.82 Å². The van der Waals surface area contributed by atoms with Gasteiger partial charge in [-0.2, -0.15) is 0 Å². The molecule has 3 aromatic carbocycles. The van der Waals surface area contributed by atoms with E-state index in [0.717, 1.165) is 33.2 Å². The summed E-state index contributed by atoms with van der Waals surface area (Å²) in [6.07, 6.45) is 0. The molecule has 0 amide bonds. The van der Waals surface area contributed by atoms with E-state index in [0.29, 0.717) is 6.54 Å². The van der Waals surface area contributed by atoms with Crippen LogP contribution < -0.4 is 5.32 Å². The number of hydrogen-bond donors (Lipinski definition) is 1. The third-order valence-electron chi connectivity index (χ3n) is 3.76. The number of hydrogen-bond acceptors (Lipinski definition) is 2. The van der Waals surface area contributed by atoms with Crippen LogP contribution in [-0.2, 0) is 6.54 Å². The first-order valence-corrected chi connectivity index (χ1v) is 7.19. The van der Waals surface area contributed by atoms with E-state index in [1.807, 2.05) is 36.4 Å². The van der Waals surface area contributed by atoms with Gasteiger partial charge in [0, 0.05) is 23.0 Å². The van der Waals surface area contributed by atoms with Crippen molar-refractivity contribution in [1.82, 2.24) is 0 Å². The molecule has 1 heterocycles. The normalized spacial score (nSPS) is 11.1. The van der Waals surface area contributed by atoms with Crippen LogP contribution >= 0.6 is 0 Å². The molecule has 0 bridgehead atoms. The molecular weight excluding hydrogens is 277 g/mol. The van der Waals surface area contributed by atoms with Crippen LogP contribution in [0.2, 0.25) is 0 Å². The van der Waals surface area contributed by atoms with E-state index < -0.39 is 0 Å². The number of benzene rings is 3. The molecule has 1 aromatic heterocycles. The molecule has 4 aromatic rings. The maximum absolute atomic E-state index is 13.2. The lowest BCUT2D eigenvalue weighted by Gasteiger charge is -2.06. The van der Waals surface area contributed by atoms with Crippen molar-refractivity contribution in [2.45, 2.75) is 6.54 Å². The van der Waals surface area contributed by atoms with Gasteiger partial charge >= 0.3 is 0 Å². The van der Waals surface area contributed by atoms with Crippen LogP contribution in [-0.4, -0.2) is 0 Å². The van der Waals surface area contributed by atoms with Gasteiger partial charge in [-0.3, -0.25) is 0 Å². The Balaban J connectivity index is 1.66. The van der Waals surface area contributed by atoms with Crippen molar-refractivity contribution in [2.75, 3.05) is 5.32 Å². The Labute approximate surface area is 127 Å². The zero-order valence-electron chi connectivity index (χ0n) is 11.8. The minimum Gasteiger partial charge on any atom is -0.456 e. The van der Waals surface area contributed by atoms with Crippen molar-refractivity contribution in [1.29, 1.82) is 0 Å². The maximum Gasteiger partial charge on any atom is 0.135 e. The molecule has 0 saturated heterocycles. The van der Waals surface area contributed by atoms with Gasteiger partial charge in [0.05, 0.1) is 0 Å². The topological polar surface area (TPSA) is 25.2 Å². The zero-order chi connectivity index (χ0) is 14.9. The third-order valence-corrected chi connectivity index (χ3v) is 3.76. The largest absolute Gasteiger partial charge is 0.456 e. The Hall–Kier alpha value is -2.81. The summed E-state index contributed by atoms with van der Waals surface area (Å²) >= 11 is 0. The summed E-state index contributed by atoms with van der Waals surface area (Å²) in [5.41, 5.74) is 3.66. The SMILES string of the molecule is Fc1cccc(CNc2ccc3oc4ccccc4c3c2)c1. The number of fused-ring (bicyclic) bond motifs is 3. The van der Waals surface area contributed by atoms with Crippen molar-refractivity contribution >= 4 is 27.6 Å². The summed E-state index contributed by atoms with van der Waals surface area (Å²) in [6, 6.07) is 20.6. The van der Waals surface area contributed by atoms with Crippen LogP contribution in [0.25, 0.3) is 21.9 Å². The predicted octanol–water partition coefficient (Wildman–Crippen LogP) is 5.34. The number of rotatable bonds is 3. The summed E-state index contributed by atoms with van der Waals surface area (Å²) in [4.78, 5) is 0. The van der Waals surface area contributed by atoms with Gasteiger partial charge in [-0.15, -0.1) is 0 Å². The smallest absolute Gasteiger partial charge is 0.135 e. The second kappa shape index (κ2) is 5.19. The van der Waals surface area contributed by atoms with Crippen LogP contribution in [0.3, 0.4) is 0 Å². The highest BCUT2D eigenvalue weighted by Crippen LogP contribution is 2.30. The fraction of sp³-hybridized carbons (Fsp3) is 0.0526. The van der Waals surface area contributed by atoms with Gasteiger partial charge in [-0.05, 0) is 42.0 Å². The summed E-state index contributed by atoms with van der Waals surface area (Å²) in [5, 5.41) is 5.51. The van der Waals surface area contributed by atoms with Gasteiger partial charge in [-0.1, -0.05) is 30.3 Å². The number of halogens is 1. The molecule has 0 aliphatic carbocycles. The molecule has 0 spiro atoms. The van der Waals surface area contributed by atoms with E-state index in [2.05, 4.69) is 17.4 Å². The quantitative estimate of drug-likeness (QED) is 0.551. The molecule has 108 valence electrons. The monoisotopic (exact) mass is 291 g/mol. The summed E-state index contributed by atoms with van der Waals surface area (Å²) in [6.45, 7) is 0.582. The molecule has 4 rings (SSSR count). The van der Waals surface area contributed by atoms with E-state index in [4.69, 9.17) is 4.42 Å². The van der Waals surface area contributed by atoms with Gasteiger partial charge < -0.3 is 9.73 Å². The van der Waals surface area contributed by atoms with Crippen LogP contribution in [0.15, 0.2) is 71.1 Å². The first kappa shape index (κ1) is 12.9. The Bertz CT molecular complexity index is 958. The standard InChI is InChI=1S/C19H14FNO/c20-14-5-3-4-13(10-14)12-21-15-8-9-19-17(11-15)16-6-1-2-7-18(16)22-19/h1-11,21H,12H2. The maximum atomic E-state index is 13.2. The molecule has 22 heavy (non-hydrogen) atoms. The molecule has 0 saturated carbocycles. The lowest BCUT2D eigenvalue weighted by Crippen LogP contribution is -1.99. The van der Waals surface area contributed by atoms with Gasteiger partial charge in [-0.25, -0.2) is 4.39 Å². The highest BCUT2D eigenvalue weighted by Gasteiger charge is 2.06. The Morgan fingerprint density at radius 1 is 0.818 bits per heavy atom. The van der Waals surface area contributed by atoms with Gasteiger partial charge in [0.15, 0.2) is 0 Å². The first-order chi connectivity index (χ1) is 10.8. The number of nitrogens with one attached hydrogen (secondary N) is 1.